The molecular weight excluding hydrogens is 384 g/mol. The van der Waals surface area contributed by atoms with Crippen LogP contribution in [0.4, 0.5) is 4.79 Å². The van der Waals surface area contributed by atoms with Crippen molar-refractivity contribution in [1.82, 2.24) is 0 Å². The summed E-state index contributed by atoms with van der Waals surface area (Å²) in [5.41, 5.74) is -0.786. The summed E-state index contributed by atoms with van der Waals surface area (Å²) < 4.78 is 11.7. The topological polar surface area (TPSA) is 35.5 Å². The lowest BCUT2D eigenvalue weighted by Crippen LogP contribution is -2.51. The maximum atomic E-state index is 12.6. The Bertz CT molecular complexity index is 885. The largest absolute Gasteiger partial charge is 0.509 e. The molecule has 0 amide bonds. The number of rotatable bonds is 1. The van der Waals surface area contributed by atoms with Crippen LogP contribution in [0.1, 0.15) is 59.8 Å². The highest BCUT2D eigenvalue weighted by Gasteiger charge is 2.77. The molecule has 8 rings (SSSR count). The van der Waals surface area contributed by atoms with Gasteiger partial charge in [-0.1, -0.05) is 12.2 Å². The van der Waals surface area contributed by atoms with Crippen molar-refractivity contribution in [2.75, 3.05) is 0 Å². The molecule has 0 N–H and O–H groups in total. The zero-order chi connectivity index (χ0) is 21.0. The maximum Gasteiger partial charge on any atom is 0.509 e. The van der Waals surface area contributed by atoms with Gasteiger partial charge in [-0.05, 0) is 137 Å². The molecule has 0 spiro atoms. The van der Waals surface area contributed by atoms with Crippen LogP contribution in [0.25, 0.3) is 0 Å². The average molecular weight is 423 g/mol. The smallest absolute Gasteiger partial charge is 0.429 e. The van der Waals surface area contributed by atoms with Crippen LogP contribution in [-0.2, 0) is 9.47 Å². The fourth-order valence-electron chi connectivity index (χ4n) is 12.4. The van der Waals surface area contributed by atoms with E-state index < -0.39 is 11.8 Å². The SMILES string of the molecule is CC(C)(C)OC(=O)OC1(C)CC2CC1C1C3CC(C21)C1C2CC(C4C5C=CC(C5)C24)C31. The number of ether oxygens (including phenoxy) is 2. The van der Waals surface area contributed by atoms with E-state index in [1.165, 1.54) is 19.3 Å². The number of allylic oxidation sites excluding steroid dienone is 2. The molecule has 15 atom stereocenters. The van der Waals surface area contributed by atoms with Crippen LogP contribution in [0.2, 0.25) is 0 Å². The van der Waals surface area contributed by atoms with E-state index in [4.69, 9.17) is 9.47 Å². The van der Waals surface area contributed by atoms with E-state index in [1.807, 2.05) is 20.8 Å². The van der Waals surface area contributed by atoms with Crippen LogP contribution in [0.5, 0.6) is 0 Å². The van der Waals surface area contributed by atoms with Crippen molar-refractivity contribution in [3.8, 4) is 0 Å². The average Bonchev–Trinajstić information content (AvgIpc) is 3.48. The molecule has 3 heteroatoms. The predicted molar refractivity (Wildman–Crippen MR) is 117 cm³/mol. The van der Waals surface area contributed by atoms with Gasteiger partial charge >= 0.3 is 6.16 Å². The molecule has 0 saturated heterocycles. The molecule has 15 unspecified atom stereocenters. The van der Waals surface area contributed by atoms with Crippen molar-refractivity contribution in [3.63, 3.8) is 0 Å². The molecule has 7 fully saturated rings. The van der Waals surface area contributed by atoms with Crippen LogP contribution in [0.3, 0.4) is 0 Å². The first-order chi connectivity index (χ1) is 14.7. The first-order valence-corrected chi connectivity index (χ1v) is 13.3. The fraction of sp³-hybridized carbons (Fsp3) is 0.893. The Morgan fingerprint density at radius 1 is 0.806 bits per heavy atom. The summed E-state index contributed by atoms with van der Waals surface area (Å²) in [5.74, 6) is 13.1. The molecule has 8 bridgehead atoms. The summed E-state index contributed by atoms with van der Waals surface area (Å²) in [5, 5.41) is 0. The minimum absolute atomic E-state index is 0.302. The third-order valence-electron chi connectivity index (χ3n) is 12.2. The minimum Gasteiger partial charge on any atom is -0.429 e. The Morgan fingerprint density at radius 2 is 1.39 bits per heavy atom. The molecule has 0 radical (unpaired) electrons. The predicted octanol–water partition coefficient (Wildman–Crippen LogP) is 5.94. The Labute approximate surface area is 186 Å². The van der Waals surface area contributed by atoms with Gasteiger partial charge in [0.1, 0.15) is 11.2 Å². The lowest BCUT2D eigenvalue weighted by molar-refractivity contribution is -0.116. The van der Waals surface area contributed by atoms with Gasteiger partial charge in [0.25, 0.3) is 0 Å². The second-order valence-corrected chi connectivity index (χ2v) is 14.2. The van der Waals surface area contributed by atoms with E-state index in [0.29, 0.717) is 5.92 Å². The van der Waals surface area contributed by atoms with Gasteiger partial charge in [-0.15, -0.1) is 0 Å². The lowest BCUT2D eigenvalue weighted by Gasteiger charge is -2.52. The molecule has 8 aliphatic carbocycles. The molecular formula is C28H38O3. The van der Waals surface area contributed by atoms with Gasteiger partial charge in [-0.2, -0.15) is 0 Å². The number of hydrogen-bond acceptors (Lipinski definition) is 3. The molecule has 3 nitrogen and oxygen atoms in total. The van der Waals surface area contributed by atoms with Crippen LogP contribution in [0, 0.1) is 82.9 Å². The van der Waals surface area contributed by atoms with Gasteiger partial charge in [0.15, 0.2) is 0 Å². The summed E-state index contributed by atoms with van der Waals surface area (Å²) in [4.78, 5) is 12.6. The van der Waals surface area contributed by atoms with Crippen molar-refractivity contribution in [2.45, 2.75) is 71.0 Å². The Balaban J connectivity index is 1.08. The van der Waals surface area contributed by atoms with E-state index in [-0.39, 0.29) is 5.60 Å². The van der Waals surface area contributed by atoms with Gasteiger partial charge in [0.2, 0.25) is 0 Å². The fourth-order valence-corrected chi connectivity index (χ4v) is 12.4. The zero-order valence-electron chi connectivity index (χ0n) is 19.5. The van der Waals surface area contributed by atoms with Crippen molar-refractivity contribution in [3.05, 3.63) is 12.2 Å². The number of hydrogen-bond donors (Lipinski definition) is 0. The van der Waals surface area contributed by atoms with Crippen LogP contribution >= 0.6 is 0 Å². The number of fused-ring (bicyclic) bond motifs is 23. The van der Waals surface area contributed by atoms with Gasteiger partial charge in [0, 0.05) is 5.92 Å². The molecule has 7 saturated carbocycles. The highest BCUT2D eigenvalue weighted by molar-refractivity contribution is 5.61. The third kappa shape index (κ3) is 2.07. The van der Waals surface area contributed by atoms with Crippen molar-refractivity contribution in [2.24, 2.45) is 82.9 Å². The monoisotopic (exact) mass is 422 g/mol. The first kappa shape index (κ1) is 18.4. The zero-order valence-corrected chi connectivity index (χ0v) is 19.5. The summed E-state index contributed by atoms with van der Waals surface area (Å²) >= 11 is 0. The van der Waals surface area contributed by atoms with E-state index in [0.717, 1.165) is 83.4 Å². The standard InChI is InChI=1S/C28H38O3/c1-27(2,3)30-26(29)31-28(4)11-14-8-19(28)25-18-10-17(22(14)25)23-15-9-16(24(18)23)21-13-6-5-12(7-13)20(15)21/h5-6,12-25H,7-11H2,1-4H3. The van der Waals surface area contributed by atoms with Gasteiger partial charge < -0.3 is 9.47 Å². The Kier molecular flexibility index (Phi) is 3.20. The van der Waals surface area contributed by atoms with E-state index in [2.05, 4.69) is 19.1 Å². The van der Waals surface area contributed by atoms with Crippen LogP contribution in [0.15, 0.2) is 12.2 Å². The lowest BCUT2D eigenvalue weighted by atomic mass is 9.54. The molecule has 8 aliphatic rings. The quantitative estimate of drug-likeness (QED) is 0.298. The molecule has 0 aromatic carbocycles. The van der Waals surface area contributed by atoms with Gasteiger partial charge in [-0.3, -0.25) is 0 Å². The molecule has 0 aromatic rings. The molecule has 31 heavy (non-hydrogen) atoms. The van der Waals surface area contributed by atoms with E-state index in [9.17, 15) is 4.79 Å². The molecule has 0 aliphatic heterocycles. The van der Waals surface area contributed by atoms with Crippen LogP contribution in [-0.4, -0.2) is 17.4 Å². The summed E-state index contributed by atoms with van der Waals surface area (Å²) in [7, 11) is 0. The van der Waals surface area contributed by atoms with Crippen LogP contribution < -0.4 is 0 Å². The van der Waals surface area contributed by atoms with E-state index in [1.54, 1.807) is 6.42 Å². The second-order valence-electron chi connectivity index (χ2n) is 14.2. The van der Waals surface area contributed by atoms with E-state index >= 15 is 0 Å². The normalized spacial score (nSPS) is 63.0. The molecule has 0 aromatic heterocycles. The maximum absolute atomic E-state index is 12.6. The summed E-state index contributed by atoms with van der Waals surface area (Å²) in [6, 6.07) is 0. The third-order valence-corrected chi connectivity index (χ3v) is 12.2. The van der Waals surface area contributed by atoms with Gasteiger partial charge in [0.05, 0.1) is 0 Å². The van der Waals surface area contributed by atoms with Crippen molar-refractivity contribution < 1.29 is 14.3 Å². The number of carbonyl (C=O) groups excluding carboxylic acids is 1. The first-order valence-electron chi connectivity index (χ1n) is 13.3. The summed E-state index contributed by atoms with van der Waals surface area (Å²) in [6.07, 6.45) is 11.7. The van der Waals surface area contributed by atoms with Crippen molar-refractivity contribution >= 4 is 6.16 Å². The molecule has 0 heterocycles. The van der Waals surface area contributed by atoms with Gasteiger partial charge in [-0.25, -0.2) is 4.79 Å². The minimum atomic E-state index is -0.484. The highest BCUT2D eigenvalue weighted by atomic mass is 16.7. The molecule has 168 valence electrons. The Morgan fingerprint density at radius 3 is 2.00 bits per heavy atom. The second kappa shape index (κ2) is 5.39. The summed E-state index contributed by atoms with van der Waals surface area (Å²) in [6.45, 7) is 8.02. The van der Waals surface area contributed by atoms with Crippen molar-refractivity contribution in [1.29, 1.82) is 0 Å². The highest BCUT2D eigenvalue weighted by Crippen LogP contribution is 2.81. The Hall–Kier alpha value is -0.990. The number of carbonyl (C=O) groups is 1.